The molecule has 0 radical (unpaired) electrons. The summed E-state index contributed by atoms with van der Waals surface area (Å²) in [6.45, 7) is 0. The van der Waals surface area contributed by atoms with Gasteiger partial charge >= 0.3 is 361 Å². The van der Waals surface area contributed by atoms with E-state index < -0.39 is 168 Å². The van der Waals surface area contributed by atoms with Crippen molar-refractivity contribution in [2.24, 2.45) is 0 Å². The van der Waals surface area contributed by atoms with Gasteiger partial charge in [0.05, 0.1) is 0 Å². The molecule has 0 unspecified atom stereocenters. The molecule has 0 N–H and O–H groups in total. The largest absolute Gasteiger partial charge is 4.00 e. The zero-order valence-electron chi connectivity index (χ0n) is 17.4. The summed E-state index contributed by atoms with van der Waals surface area (Å²) in [6.07, 6.45) is 0. The van der Waals surface area contributed by atoms with E-state index in [0.717, 1.165) is 0 Å². The first-order chi connectivity index (χ1) is 15.6. The molecule has 216 valence electrons. The summed E-state index contributed by atoms with van der Waals surface area (Å²) >= 11 is -36.8. The summed E-state index contributed by atoms with van der Waals surface area (Å²) in [5.41, 5.74) is 0. The summed E-state index contributed by atoms with van der Waals surface area (Å²) < 4.78 is 232. The van der Waals surface area contributed by atoms with Gasteiger partial charge in [0.2, 0.25) is 0 Å². The minimum absolute atomic E-state index is 0. The first kappa shape index (κ1) is 86.1. The van der Waals surface area contributed by atoms with Crippen LogP contribution in [0.5, 0.6) is 0 Å². The smallest absolute Gasteiger partial charge is 4.00 e. The van der Waals surface area contributed by atoms with E-state index >= 15 is 0 Å². The standard InChI is InChI=1S/2Nb.27O.9Ti.2Zr/q2*+5;;;;;;;;;;18*-1;;;;;;;;;;2*+4. The normalized spacial score (nSPS) is 5.85. The van der Waals surface area contributed by atoms with E-state index in [-0.39, 0.29) is 97.2 Å². The van der Waals surface area contributed by atoms with Gasteiger partial charge in [-0.2, -0.15) is 0 Å². The van der Waals surface area contributed by atoms with Gasteiger partial charge in [0.25, 0.3) is 0 Å². The molecular formula is Nb2O27Ti9Zr2. The molecule has 0 heterocycles. The maximum atomic E-state index is 8.58. The Morgan fingerprint density at radius 2 is 0.200 bits per heavy atom. The van der Waals surface area contributed by atoms with E-state index in [9.17, 15) is 0 Å². The van der Waals surface area contributed by atoms with Crippen molar-refractivity contribution in [1.82, 2.24) is 0 Å². The molecule has 0 aromatic rings. The van der Waals surface area contributed by atoms with E-state index in [0.29, 0.717) is 0 Å². The van der Waals surface area contributed by atoms with Crippen molar-refractivity contribution < 1.29 is 361 Å². The van der Waals surface area contributed by atoms with Gasteiger partial charge in [-0.25, -0.2) is 0 Å². The van der Waals surface area contributed by atoms with Crippen LogP contribution in [0.25, 0.3) is 0 Å². The SMILES string of the molecule is [Nb+5].[Nb+5].[O]=[Ti]([O-])[O-].[O]=[Ti]([O-])[O-].[O]=[Ti]([O-])[O-].[O]=[Ti]([O-])[O-].[O]=[Ti]([O-])[O-].[O]=[Ti]([O-])[O-].[O]=[Ti]([O-])[O-].[O]=[Ti]([O-])[O-].[O]=[Ti]([O-])[O-].[Zr+4].[Zr+4]. The fourth-order valence-corrected chi connectivity index (χ4v) is 0. The van der Waals surface area contributed by atoms with Gasteiger partial charge in [0.15, 0.2) is 0 Å². The Bertz CT molecular complexity index is 430. The Morgan fingerprint density at radius 3 is 0.200 bits per heavy atom. The molecule has 0 aromatic heterocycles. The van der Waals surface area contributed by atoms with Crippen LogP contribution in [-0.2, 0) is 295 Å². The van der Waals surface area contributed by atoms with Crippen LogP contribution in [0, 0.1) is 0 Å². The van der Waals surface area contributed by atoms with Crippen LogP contribution in [0.2, 0.25) is 0 Å². The molecular weight excluding hydrogens is 1230 g/mol. The van der Waals surface area contributed by atoms with Crippen LogP contribution < -0.4 is 66.4 Å². The van der Waals surface area contributed by atoms with Gasteiger partial charge in [-0.05, 0) is 0 Å². The van der Waals surface area contributed by atoms with E-state index in [2.05, 4.69) is 0 Å². The third-order valence-corrected chi connectivity index (χ3v) is 0. The van der Waals surface area contributed by atoms with Crippen LogP contribution in [-0.4, -0.2) is 0 Å². The van der Waals surface area contributed by atoms with Crippen LogP contribution in [0.3, 0.4) is 0 Å². The predicted octanol–water partition coefficient (Wildman–Crippen LogP) is -22.5. The van der Waals surface area contributed by atoms with Crippen LogP contribution in [0.4, 0.5) is 0 Å². The molecule has 0 saturated carbocycles. The zero-order valence-corrected chi connectivity index (χ0v) is 40.8. The van der Waals surface area contributed by atoms with Gasteiger partial charge in [-0.1, -0.05) is 0 Å². The fraction of sp³-hybridized carbons (Fsp3) is 0. The molecule has 0 spiro atoms. The fourth-order valence-electron chi connectivity index (χ4n) is 0. The van der Waals surface area contributed by atoms with Crippen molar-refractivity contribution in [2.75, 3.05) is 0 Å². The number of rotatable bonds is 0. The van der Waals surface area contributed by atoms with E-state index in [4.69, 9.17) is 96.3 Å². The van der Waals surface area contributed by atoms with Crippen LogP contribution in [0.1, 0.15) is 0 Å². The van der Waals surface area contributed by atoms with Gasteiger partial charge in [0, 0.05) is 0 Å². The molecule has 27 nitrogen and oxygen atoms in total. The van der Waals surface area contributed by atoms with Gasteiger partial charge in [-0.3, -0.25) is 0 Å². The number of hydrogen-bond donors (Lipinski definition) is 0. The third-order valence-electron chi connectivity index (χ3n) is 0. The maximum Gasteiger partial charge on any atom is 4.00 e. The molecule has 0 aliphatic carbocycles. The van der Waals surface area contributed by atoms with E-state index in [1.54, 1.807) is 0 Å². The third kappa shape index (κ3) is 1720. The molecule has 0 bridgehead atoms. The monoisotopic (exact) mass is 1230 g/mol. The summed E-state index contributed by atoms with van der Waals surface area (Å²) in [6, 6.07) is 0. The molecule has 40 heavy (non-hydrogen) atoms. The van der Waals surface area contributed by atoms with Crippen molar-refractivity contribution in [2.45, 2.75) is 0 Å². The van der Waals surface area contributed by atoms with Crippen LogP contribution in [0.15, 0.2) is 0 Å². The van der Waals surface area contributed by atoms with E-state index in [1.165, 1.54) is 0 Å². The van der Waals surface area contributed by atoms with Crippen molar-refractivity contribution in [1.29, 1.82) is 0 Å². The molecule has 40 heteroatoms. The Morgan fingerprint density at radius 1 is 0.200 bits per heavy atom. The molecule has 0 atom stereocenters. The quantitative estimate of drug-likeness (QED) is 0.203. The average Bonchev–Trinajstić information content (AvgIpc) is 2.39. The minimum atomic E-state index is -4.08. The molecule has 0 aromatic carbocycles. The first-order valence-electron chi connectivity index (χ1n) is 5.51. The molecule has 0 saturated heterocycles. The molecule has 0 rings (SSSR count). The second-order valence-corrected chi connectivity index (χ2v) is 9.28. The Hall–Kier alpha value is 7.16. The van der Waals surface area contributed by atoms with Gasteiger partial charge in [-0.15, -0.1) is 0 Å². The first-order valence-corrected chi connectivity index (χ1v) is 22.7. The van der Waals surface area contributed by atoms with Crippen LogP contribution >= 0.6 is 0 Å². The second kappa shape index (κ2) is 80.7. The van der Waals surface area contributed by atoms with Crippen molar-refractivity contribution >= 4 is 0 Å². The van der Waals surface area contributed by atoms with Gasteiger partial charge in [0.1, 0.15) is 0 Å². The second-order valence-electron chi connectivity index (χ2n) is 2.25. The topological polar surface area (TPSA) is 569 Å². The minimum Gasteiger partial charge on any atom is 4.00 e. The maximum absolute atomic E-state index is 8.58. The molecule has 0 amide bonds. The number of hydrogen-bond acceptors (Lipinski definition) is 27. The Kier molecular flexibility index (Phi) is 174. The predicted molar refractivity (Wildman–Crippen MR) is 6.18 cm³/mol. The molecule has 0 aliphatic heterocycles. The summed E-state index contributed by atoms with van der Waals surface area (Å²) in [4.78, 5) is 0. The molecule has 0 aliphatic rings. The summed E-state index contributed by atoms with van der Waals surface area (Å²) in [5.74, 6) is 0. The Labute approximate surface area is 353 Å². The van der Waals surface area contributed by atoms with E-state index in [1.807, 2.05) is 0 Å². The van der Waals surface area contributed by atoms with Gasteiger partial charge < -0.3 is 0 Å². The zero-order chi connectivity index (χ0) is 32.2. The molecule has 0 fully saturated rings. The van der Waals surface area contributed by atoms with Crippen molar-refractivity contribution in [3.05, 3.63) is 0 Å². The van der Waals surface area contributed by atoms with Crippen molar-refractivity contribution in [3.63, 3.8) is 0 Å². The summed E-state index contributed by atoms with van der Waals surface area (Å²) in [7, 11) is 0. The Balaban J connectivity index is -0.0000000184. The summed E-state index contributed by atoms with van der Waals surface area (Å²) in [5, 5.41) is 0. The van der Waals surface area contributed by atoms with Crippen molar-refractivity contribution in [3.8, 4) is 0 Å². The average molecular weight is 1230 g/mol.